The van der Waals surface area contributed by atoms with E-state index in [-0.39, 0.29) is 24.1 Å². The molecule has 1 aliphatic rings. The van der Waals surface area contributed by atoms with Gasteiger partial charge in [0.1, 0.15) is 0 Å². The summed E-state index contributed by atoms with van der Waals surface area (Å²) in [6.07, 6.45) is -0.249. The Morgan fingerprint density at radius 2 is 1.70 bits per heavy atom. The van der Waals surface area contributed by atoms with Crippen LogP contribution in [0.2, 0.25) is 0 Å². The molecule has 0 bridgehead atoms. The fourth-order valence-corrected chi connectivity index (χ4v) is 2.11. The SMILES string of the molecule is COC(=O)N(C)CCCC(=O)ON1C(=O)c2ccccc2C1=O. The van der Waals surface area contributed by atoms with Crippen LogP contribution in [0.25, 0.3) is 0 Å². The van der Waals surface area contributed by atoms with E-state index in [2.05, 4.69) is 4.74 Å². The smallest absolute Gasteiger partial charge is 0.409 e. The Kier molecular flexibility index (Phi) is 4.95. The first-order chi connectivity index (χ1) is 11.0. The first kappa shape index (κ1) is 16.5. The molecule has 0 saturated heterocycles. The largest absolute Gasteiger partial charge is 0.453 e. The maximum absolute atomic E-state index is 12.0. The second-order valence-electron chi connectivity index (χ2n) is 4.91. The van der Waals surface area contributed by atoms with Gasteiger partial charge in [0.15, 0.2) is 0 Å². The minimum absolute atomic E-state index is 0.0469. The van der Waals surface area contributed by atoms with E-state index in [4.69, 9.17) is 4.84 Å². The molecular formula is C15H16N2O6. The average Bonchev–Trinajstić information content (AvgIpc) is 2.79. The van der Waals surface area contributed by atoms with Gasteiger partial charge in [0.25, 0.3) is 11.8 Å². The lowest BCUT2D eigenvalue weighted by Gasteiger charge is -2.15. The lowest BCUT2D eigenvalue weighted by atomic mass is 10.1. The van der Waals surface area contributed by atoms with Crippen molar-refractivity contribution in [3.8, 4) is 0 Å². The van der Waals surface area contributed by atoms with Gasteiger partial charge in [0, 0.05) is 20.0 Å². The van der Waals surface area contributed by atoms with E-state index < -0.39 is 23.9 Å². The van der Waals surface area contributed by atoms with Gasteiger partial charge >= 0.3 is 12.1 Å². The number of benzene rings is 1. The van der Waals surface area contributed by atoms with Crippen molar-refractivity contribution in [2.24, 2.45) is 0 Å². The number of rotatable bonds is 5. The van der Waals surface area contributed by atoms with E-state index >= 15 is 0 Å². The third-order valence-electron chi connectivity index (χ3n) is 3.31. The minimum atomic E-state index is -0.724. The summed E-state index contributed by atoms with van der Waals surface area (Å²) in [5.41, 5.74) is 0.409. The minimum Gasteiger partial charge on any atom is -0.453 e. The molecule has 1 aromatic carbocycles. The monoisotopic (exact) mass is 320 g/mol. The molecule has 0 fully saturated rings. The summed E-state index contributed by atoms with van der Waals surface area (Å²) in [5, 5.41) is 0.469. The van der Waals surface area contributed by atoms with Crippen LogP contribution in [0, 0.1) is 0 Å². The maximum atomic E-state index is 12.0. The molecule has 1 heterocycles. The zero-order valence-corrected chi connectivity index (χ0v) is 12.8. The number of methoxy groups -OCH3 is 1. The molecule has 3 amide bonds. The number of hydroxylamine groups is 2. The number of hydrogen-bond donors (Lipinski definition) is 0. The molecule has 0 aromatic heterocycles. The topological polar surface area (TPSA) is 93.2 Å². The molecule has 0 atom stereocenters. The van der Waals surface area contributed by atoms with E-state index in [1.807, 2.05) is 0 Å². The summed E-state index contributed by atoms with van der Waals surface area (Å²) in [6.45, 7) is 0.282. The van der Waals surface area contributed by atoms with Gasteiger partial charge in [0.05, 0.1) is 18.2 Å². The van der Waals surface area contributed by atoms with Crippen molar-refractivity contribution in [3.63, 3.8) is 0 Å². The molecule has 0 spiro atoms. The highest BCUT2D eigenvalue weighted by molar-refractivity contribution is 6.20. The van der Waals surface area contributed by atoms with Crippen molar-refractivity contribution in [2.45, 2.75) is 12.8 Å². The van der Waals surface area contributed by atoms with Crippen LogP contribution >= 0.6 is 0 Å². The van der Waals surface area contributed by atoms with Gasteiger partial charge in [-0.3, -0.25) is 9.59 Å². The van der Waals surface area contributed by atoms with E-state index in [0.717, 1.165) is 0 Å². The van der Waals surface area contributed by atoms with Gasteiger partial charge in [-0.15, -0.1) is 0 Å². The first-order valence-corrected chi connectivity index (χ1v) is 6.93. The molecule has 1 aliphatic heterocycles. The molecule has 8 nitrogen and oxygen atoms in total. The number of imide groups is 1. The predicted molar refractivity (Wildman–Crippen MR) is 77.3 cm³/mol. The lowest BCUT2D eigenvalue weighted by molar-refractivity contribution is -0.168. The van der Waals surface area contributed by atoms with Gasteiger partial charge in [-0.25, -0.2) is 9.59 Å². The second-order valence-corrected chi connectivity index (χ2v) is 4.91. The van der Waals surface area contributed by atoms with E-state index in [1.54, 1.807) is 12.1 Å². The van der Waals surface area contributed by atoms with Crippen LogP contribution in [0.1, 0.15) is 33.6 Å². The Hall–Kier alpha value is -2.90. The van der Waals surface area contributed by atoms with Crippen molar-refractivity contribution in [1.29, 1.82) is 0 Å². The van der Waals surface area contributed by atoms with Crippen LogP contribution in [0.5, 0.6) is 0 Å². The summed E-state index contributed by atoms with van der Waals surface area (Å²) in [4.78, 5) is 53.1. The van der Waals surface area contributed by atoms with Crippen molar-refractivity contribution in [2.75, 3.05) is 20.7 Å². The quantitative estimate of drug-likeness (QED) is 0.757. The highest BCUT2D eigenvalue weighted by Crippen LogP contribution is 2.22. The molecule has 2 rings (SSSR count). The number of carbonyl (C=O) groups excluding carboxylic acids is 4. The summed E-state index contributed by atoms with van der Waals surface area (Å²) < 4.78 is 4.51. The molecule has 0 aliphatic carbocycles. The number of amides is 3. The molecule has 122 valence electrons. The van der Waals surface area contributed by atoms with Crippen molar-refractivity contribution in [3.05, 3.63) is 35.4 Å². The van der Waals surface area contributed by atoms with Crippen LogP contribution in [0.3, 0.4) is 0 Å². The van der Waals surface area contributed by atoms with Crippen LogP contribution in [-0.2, 0) is 14.4 Å². The molecule has 23 heavy (non-hydrogen) atoms. The zero-order chi connectivity index (χ0) is 17.0. The number of nitrogens with zero attached hydrogens (tertiary/aromatic N) is 2. The van der Waals surface area contributed by atoms with Crippen LogP contribution in [0.15, 0.2) is 24.3 Å². The predicted octanol–water partition coefficient (Wildman–Crippen LogP) is 1.22. The van der Waals surface area contributed by atoms with Gasteiger partial charge in [-0.2, -0.15) is 0 Å². The molecule has 8 heteroatoms. The Balaban J connectivity index is 1.86. The van der Waals surface area contributed by atoms with Crippen molar-refractivity contribution < 1.29 is 28.8 Å². The maximum Gasteiger partial charge on any atom is 0.409 e. The van der Waals surface area contributed by atoms with Crippen LogP contribution in [-0.4, -0.2) is 54.5 Å². The van der Waals surface area contributed by atoms with E-state index in [1.165, 1.54) is 31.2 Å². The lowest BCUT2D eigenvalue weighted by Crippen LogP contribution is -2.33. The zero-order valence-electron chi connectivity index (χ0n) is 12.8. The Bertz CT molecular complexity index is 622. The molecular weight excluding hydrogens is 304 g/mol. The van der Waals surface area contributed by atoms with Gasteiger partial charge < -0.3 is 14.5 Å². The Labute approximate surface area is 132 Å². The molecule has 0 unspecified atom stereocenters. The molecule has 0 saturated carbocycles. The second kappa shape index (κ2) is 6.91. The van der Waals surface area contributed by atoms with Gasteiger partial charge in [0.2, 0.25) is 0 Å². The third-order valence-corrected chi connectivity index (χ3v) is 3.31. The summed E-state index contributed by atoms with van der Waals surface area (Å²) in [5.74, 6) is -2.05. The van der Waals surface area contributed by atoms with E-state index in [0.29, 0.717) is 11.5 Å². The number of hydrogen-bond acceptors (Lipinski definition) is 6. The highest BCUT2D eigenvalue weighted by Gasteiger charge is 2.38. The Morgan fingerprint density at radius 3 is 2.22 bits per heavy atom. The standard InChI is InChI=1S/C15H16N2O6/c1-16(15(21)22-2)9-5-8-12(18)23-17-13(19)10-6-3-4-7-11(10)14(17)20/h3-4,6-7H,5,8-9H2,1-2H3. The summed E-state index contributed by atoms with van der Waals surface area (Å²) >= 11 is 0. The average molecular weight is 320 g/mol. The summed E-state index contributed by atoms with van der Waals surface area (Å²) in [6, 6.07) is 6.24. The van der Waals surface area contributed by atoms with Crippen molar-refractivity contribution in [1.82, 2.24) is 9.96 Å². The normalized spacial score (nSPS) is 12.9. The number of fused-ring (bicyclic) bond motifs is 1. The van der Waals surface area contributed by atoms with Crippen LogP contribution < -0.4 is 0 Å². The highest BCUT2D eigenvalue weighted by atomic mass is 16.7. The fraction of sp³-hybridized carbons (Fsp3) is 0.333. The Morgan fingerprint density at radius 1 is 1.13 bits per heavy atom. The number of carbonyl (C=O) groups is 4. The molecule has 1 aromatic rings. The molecule has 0 N–H and O–H groups in total. The fourth-order valence-electron chi connectivity index (χ4n) is 2.11. The number of ether oxygens (including phenoxy) is 1. The van der Waals surface area contributed by atoms with Crippen molar-refractivity contribution >= 4 is 23.9 Å². The third kappa shape index (κ3) is 3.47. The van der Waals surface area contributed by atoms with E-state index in [9.17, 15) is 19.2 Å². The first-order valence-electron chi connectivity index (χ1n) is 6.93. The molecule has 0 radical (unpaired) electrons. The van der Waals surface area contributed by atoms with Crippen LogP contribution in [0.4, 0.5) is 4.79 Å². The van der Waals surface area contributed by atoms with Gasteiger partial charge in [-0.05, 0) is 18.6 Å². The summed E-state index contributed by atoms with van der Waals surface area (Å²) in [7, 11) is 2.79. The van der Waals surface area contributed by atoms with Gasteiger partial charge in [-0.1, -0.05) is 17.2 Å².